The summed E-state index contributed by atoms with van der Waals surface area (Å²) in [6, 6.07) is 52.6. The zero-order valence-electron chi connectivity index (χ0n) is 28.9. The number of nitrogens with zero attached hydrogens (tertiary/aromatic N) is 3. The Hall–Kier alpha value is -5.31. The molecule has 51 heavy (non-hydrogen) atoms. The van der Waals surface area contributed by atoms with Gasteiger partial charge in [0.2, 0.25) is 0 Å². The molecule has 1 aliphatic heterocycles. The van der Waals surface area contributed by atoms with E-state index in [4.69, 9.17) is 0 Å². The molecule has 0 saturated carbocycles. The van der Waals surface area contributed by atoms with Crippen molar-refractivity contribution in [3.05, 3.63) is 174 Å². The molecule has 0 fully saturated rings. The molecular formula is C46H36N4Pt. The van der Waals surface area contributed by atoms with Crippen molar-refractivity contribution in [2.45, 2.75) is 38.5 Å². The van der Waals surface area contributed by atoms with Crippen molar-refractivity contribution in [3.8, 4) is 22.5 Å². The molecule has 5 aromatic carbocycles. The van der Waals surface area contributed by atoms with E-state index in [0.717, 1.165) is 39.6 Å². The molecule has 1 N–H and O–H groups in total. The Labute approximate surface area is 313 Å². The number of H-pyrrole nitrogens is 1. The average molecular weight is 840 g/mol. The summed E-state index contributed by atoms with van der Waals surface area (Å²) in [5.41, 5.74) is 13.3. The molecule has 9 rings (SSSR count). The summed E-state index contributed by atoms with van der Waals surface area (Å²) < 4.78 is 0. The third-order valence-electron chi connectivity index (χ3n) is 10.6. The van der Waals surface area contributed by atoms with E-state index in [2.05, 4.69) is 151 Å². The van der Waals surface area contributed by atoms with Crippen molar-refractivity contribution in [1.82, 2.24) is 15.0 Å². The summed E-state index contributed by atoms with van der Waals surface area (Å²) >= 11 is 0. The van der Waals surface area contributed by atoms with Crippen LogP contribution in [0.5, 0.6) is 0 Å². The first-order valence-electron chi connectivity index (χ1n) is 17.2. The molecule has 0 unspecified atom stereocenters. The monoisotopic (exact) mass is 839 g/mol. The number of nitrogens with one attached hydrogen (secondary N) is 1. The predicted octanol–water partition coefficient (Wildman–Crippen LogP) is 11.5. The van der Waals surface area contributed by atoms with Gasteiger partial charge in [-0.25, -0.2) is 0 Å². The molecule has 250 valence electrons. The Bertz CT molecular complexity index is 2380. The maximum absolute atomic E-state index is 4.65. The number of anilines is 3. The van der Waals surface area contributed by atoms with Crippen molar-refractivity contribution < 1.29 is 21.1 Å². The van der Waals surface area contributed by atoms with E-state index in [1.807, 2.05) is 48.8 Å². The molecule has 0 amide bonds. The van der Waals surface area contributed by atoms with E-state index in [1.165, 1.54) is 44.1 Å². The van der Waals surface area contributed by atoms with E-state index in [1.54, 1.807) is 0 Å². The maximum atomic E-state index is 4.65. The number of fused-ring (bicyclic) bond motifs is 3. The number of aromatic nitrogens is 3. The first kappa shape index (κ1) is 32.9. The number of hydrogen-bond donors (Lipinski definition) is 1. The normalized spacial score (nSPS) is 14.0. The Morgan fingerprint density at radius 2 is 1.00 bits per heavy atom. The quantitative estimate of drug-likeness (QED) is 0.176. The van der Waals surface area contributed by atoms with E-state index < -0.39 is 0 Å². The Morgan fingerprint density at radius 1 is 0.529 bits per heavy atom. The third kappa shape index (κ3) is 5.41. The van der Waals surface area contributed by atoms with Crippen LogP contribution in [-0.2, 0) is 31.9 Å². The van der Waals surface area contributed by atoms with Gasteiger partial charge < -0.3 is 19.9 Å². The number of hydrogen-bond acceptors (Lipinski definition) is 3. The van der Waals surface area contributed by atoms with Gasteiger partial charge in [0.05, 0.1) is 11.0 Å². The first-order valence-corrected chi connectivity index (χ1v) is 17.2. The largest absolute Gasteiger partial charge is 2.00 e. The van der Waals surface area contributed by atoms with Gasteiger partial charge in [-0.15, -0.1) is 59.7 Å². The van der Waals surface area contributed by atoms with Gasteiger partial charge in [-0.3, -0.25) is 0 Å². The van der Waals surface area contributed by atoms with Gasteiger partial charge in [-0.05, 0) is 69.3 Å². The van der Waals surface area contributed by atoms with E-state index in [9.17, 15) is 0 Å². The number of benzene rings is 5. The fourth-order valence-electron chi connectivity index (χ4n) is 7.69. The molecule has 4 nitrogen and oxygen atoms in total. The van der Waals surface area contributed by atoms with Gasteiger partial charge in [0.15, 0.2) is 0 Å². The molecule has 5 heteroatoms. The Morgan fingerprint density at radius 3 is 1.45 bits per heavy atom. The fourth-order valence-corrected chi connectivity index (χ4v) is 7.69. The van der Waals surface area contributed by atoms with E-state index in [-0.39, 0.29) is 31.9 Å². The zero-order chi connectivity index (χ0) is 34.0. The number of aromatic amines is 1. The van der Waals surface area contributed by atoms with Crippen molar-refractivity contribution in [2.75, 3.05) is 4.90 Å². The predicted molar refractivity (Wildman–Crippen MR) is 205 cm³/mol. The van der Waals surface area contributed by atoms with Gasteiger partial charge in [0, 0.05) is 39.7 Å². The SMILES string of the molecule is CC1(C)c2cc(N(c3[c-]c(-c4ccccn4)ccc3)c3[c-]c(-c4ccccn4)ccc3)cc(c2)C(C)(C)c2cccc3c2[nH]c2c1cccc23.[Pt+2]. The summed E-state index contributed by atoms with van der Waals surface area (Å²) in [7, 11) is 0. The summed E-state index contributed by atoms with van der Waals surface area (Å²) in [5, 5.41) is 2.53. The van der Waals surface area contributed by atoms with Crippen LogP contribution in [0, 0.1) is 12.1 Å². The number of pyridine rings is 2. The van der Waals surface area contributed by atoms with Crippen molar-refractivity contribution in [1.29, 1.82) is 0 Å². The minimum Gasteiger partial charge on any atom is -0.354 e. The molecule has 0 spiro atoms. The van der Waals surface area contributed by atoms with Crippen LogP contribution in [0.25, 0.3) is 44.3 Å². The van der Waals surface area contributed by atoms with Crippen LogP contribution in [0.15, 0.2) is 140 Å². The number of para-hydroxylation sites is 2. The molecule has 0 atom stereocenters. The van der Waals surface area contributed by atoms with Gasteiger partial charge in [-0.2, -0.15) is 0 Å². The molecular weight excluding hydrogens is 804 g/mol. The maximum Gasteiger partial charge on any atom is 2.00 e. The second kappa shape index (κ2) is 12.5. The van der Waals surface area contributed by atoms with Crippen LogP contribution in [-0.4, -0.2) is 15.0 Å². The van der Waals surface area contributed by atoms with Crippen LogP contribution in [0.2, 0.25) is 0 Å². The molecule has 0 saturated heterocycles. The van der Waals surface area contributed by atoms with Gasteiger partial charge in [-0.1, -0.05) is 94.4 Å². The van der Waals surface area contributed by atoms with Crippen molar-refractivity contribution in [3.63, 3.8) is 0 Å². The summed E-state index contributed by atoms with van der Waals surface area (Å²) in [4.78, 5) is 15.5. The van der Waals surface area contributed by atoms with Crippen LogP contribution in [0.3, 0.4) is 0 Å². The number of rotatable bonds is 5. The summed E-state index contributed by atoms with van der Waals surface area (Å²) in [6.07, 6.45) is 3.66. The first-order chi connectivity index (χ1) is 24.3. The summed E-state index contributed by atoms with van der Waals surface area (Å²) in [6.45, 7) is 9.38. The molecule has 0 aliphatic carbocycles. The second-order valence-electron chi connectivity index (χ2n) is 14.3. The van der Waals surface area contributed by atoms with Crippen LogP contribution >= 0.6 is 0 Å². The van der Waals surface area contributed by atoms with Crippen molar-refractivity contribution in [2.24, 2.45) is 0 Å². The smallest absolute Gasteiger partial charge is 0.354 e. The van der Waals surface area contributed by atoms with Gasteiger partial charge >= 0.3 is 21.1 Å². The average Bonchev–Trinajstić information content (AvgIpc) is 3.54. The van der Waals surface area contributed by atoms with E-state index >= 15 is 0 Å². The molecule has 8 aromatic rings. The van der Waals surface area contributed by atoms with Gasteiger partial charge in [0.1, 0.15) is 0 Å². The molecule has 0 radical (unpaired) electrons. The minimum atomic E-state index is -0.316. The molecule has 4 bridgehead atoms. The second-order valence-corrected chi connectivity index (χ2v) is 14.3. The van der Waals surface area contributed by atoms with Crippen molar-refractivity contribution >= 4 is 38.9 Å². The summed E-state index contributed by atoms with van der Waals surface area (Å²) in [5.74, 6) is 0. The van der Waals surface area contributed by atoms with Crippen LogP contribution in [0.4, 0.5) is 17.1 Å². The Kier molecular flexibility index (Phi) is 8.04. The molecule has 4 heterocycles. The Balaban J connectivity index is 0.00000374. The molecule has 1 aliphatic rings. The third-order valence-corrected chi connectivity index (χ3v) is 10.6. The minimum absolute atomic E-state index is 0. The van der Waals surface area contributed by atoms with Crippen LogP contribution in [0.1, 0.15) is 49.9 Å². The zero-order valence-corrected chi connectivity index (χ0v) is 31.2. The molecule has 3 aromatic heterocycles. The fraction of sp³-hybridized carbons (Fsp3) is 0.130. The van der Waals surface area contributed by atoms with Gasteiger partial charge in [0.25, 0.3) is 0 Å². The standard InChI is InChI=1S/C46H36N4.Pt/c1-45(2)32-27-33(46(3,4)40-20-12-18-38-37-17-11-19-39(45)43(37)49-44(38)40)29-36(28-32)50(34-15-9-13-30(25-34)41-21-5-7-23-47-41)35-16-10-14-31(26-35)42-22-6-8-24-48-42;/h5-24,27-29,49H,1-4H3;/q-2;+2. The van der Waals surface area contributed by atoms with E-state index in [0.29, 0.717) is 0 Å². The topological polar surface area (TPSA) is 44.8 Å². The van der Waals surface area contributed by atoms with Crippen LogP contribution < -0.4 is 4.90 Å².